The maximum Gasteiger partial charge on any atom is 0.0471 e. The van der Waals surface area contributed by atoms with Gasteiger partial charge in [-0.05, 0) is 29.7 Å². The van der Waals surface area contributed by atoms with E-state index in [1.165, 1.54) is 11.1 Å². The van der Waals surface area contributed by atoms with Gasteiger partial charge in [-0.15, -0.1) is 5.73 Å². The van der Waals surface area contributed by atoms with Crippen molar-refractivity contribution in [2.75, 3.05) is 6.61 Å². The van der Waals surface area contributed by atoms with Crippen LogP contribution in [0.15, 0.2) is 48.2 Å². The van der Waals surface area contributed by atoms with Gasteiger partial charge in [0, 0.05) is 12.2 Å². The molecule has 14 heavy (non-hydrogen) atoms. The molecule has 0 bridgehead atoms. The van der Waals surface area contributed by atoms with Crippen molar-refractivity contribution in [1.82, 2.24) is 0 Å². The van der Waals surface area contributed by atoms with Gasteiger partial charge in [0.15, 0.2) is 0 Å². The van der Waals surface area contributed by atoms with Crippen LogP contribution in [-0.4, -0.2) is 11.7 Å². The Balaban J connectivity index is 2.41. The molecule has 0 saturated heterocycles. The minimum atomic E-state index is 0.192. The number of aliphatic hydroxyl groups excluding tert-OH is 1. The van der Waals surface area contributed by atoms with Crippen molar-refractivity contribution in [3.63, 3.8) is 0 Å². The largest absolute Gasteiger partial charge is 0.396 e. The van der Waals surface area contributed by atoms with Gasteiger partial charge < -0.3 is 5.11 Å². The van der Waals surface area contributed by atoms with E-state index in [1.54, 1.807) is 0 Å². The Hall–Kier alpha value is -1.56. The summed E-state index contributed by atoms with van der Waals surface area (Å²) in [6.45, 7) is 0.192. The van der Waals surface area contributed by atoms with Gasteiger partial charge in [-0.2, -0.15) is 0 Å². The Morgan fingerprint density at radius 1 is 1.21 bits per heavy atom. The molecule has 1 aliphatic carbocycles. The van der Waals surface area contributed by atoms with E-state index in [0.29, 0.717) is 6.42 Å². The van der Waals surface area contributed by atoms with Crippen LogP contribution in [0.5, 0.6) is 0 Å². The van der Waals surface area contributed by atoms with Crippen LogP contribution >= 0.6 is 0 Å². The lowest BCUT2D eigenvalue weighted by molar-refractivity contribution is 0.299. The highest BCUT2D eigenvalue weighted by Crippen LogP contribution is 2.21. The lowest BCUT2D eigenvalue weighted by atomic mass is 9.99. The Bertz CT molecular complexity index is 421. The van der Waals surface area contributed by atoms with Crippen molar-refractivity contribution < 1.29 is 5.11 Å². The van der Waals surface area contributed by atoms with Gasteiger partial charge in [0.05, 0.1) is 0 Å². The van der Waals surface area contributed by atoms with Crippen LogP contribution in [0.2, 0.25) is 0 Å². The Morgan fingerprint density at radius 3 is 2.79 bits per heavy atom. The van der Waals surface area contributed by atoms with Crippen molar-refractivity contribution in [3.05, 3.63) is 59.4 Å². The molecule has 1 aromatic rings. The third-order valence-corrected chi connectivity index (χ3v) is 2.29. The van der Waals surface area contributed by atoms with Crippen LogP contribution in [0.25, 0.3) is 5.57 Å². The van der Waals surface area contributed by atoms with Gasteiger partial charge >= 0.3 is 0 Å². The van der Waals surface area contributed by atoms with Gasteiger partial charge in [0.25, 0.3) is 0 Å². The minimum absolute atomic E-state index is 0.192. The van der Waals surface area contributed by atoms with E-state index < -0.39 is 0 Å². The second-order valence-corrected chi connectivity index (χ2v) is 3.21. The molecule has 1 heteroatoms. The second-order valence-electron chi connectivity index (χ2n) is 3.21. The highest BCUT2D eigenvalue weighted by atomic mass is 16.2. The van der Waals surface area contributed by atoms with Crippen LogP contribution in [0.4, 0.5) is 0 Å². The molecule has 0 atom stereocenters. The zero-order chi connectivity index (χ0) is 9.80. The molecule has 0 amide bonds. The molecule has 2 rings (SSSR count). The summed E-state index contributed by atoms with van der Waals surface area (Å²) < 4.78 is 0. The Morgan fingerprint density at radius 2 is 2.07 bits per heavy atom. The zero-order valence-electron chi connectivity index (χ0n) is 7.90. The minimum Gasteiger partial charge on any atom is -0.396 e. The van der Waals surface area contributed by atoms with Gasteiger partial charge in [0.1, 0.15) is 0 Å². The molecule has 0 aliphatic heterocycles. The quantitative estimate of drug-likeness (QED) is 0.715. The topological polar surface area (TPSA) is 20.2 Å². The van der Waals surface area contributed by atoms with Crippen molar-refractivity contribution in [1.29, 1.82) is 0 Å². The van der Waals surface area contributed by atoms with Gasteiger partial charge in [0.2, 0.25) is 0 Å². The van der Waals surface area contributed by atoms with E-state index in [4.69, 9.17) is 5.11 Å². The van der Waals surface area contributed by atoms with E-state index in [0.717, 1.165) is 5.57 Å². The highest BCUT2D eigenvalue weighted by Gasteiger charge is 2.04. The van der Waals surface area contributed by atoms with E-state index in [2.05, 4.69) is 11.8 Å². The molecule has 0 spiro atoms. The third-order valence-electron chi connectivity index (χ3n) is 2.29. The smallest absolute Gasteiger partial charge is 0.0471 e. The standard InChI is InChI=1S/C13H12O/c14-10-9-12-7-3-4-8-13(12)11-5-1-2-6-11/h1-5,7-8,14H,9-10H2. The summed E-state index contributed by atoms with van der Waals surface area (Å²) in [6, 6.07) is 8.12. The van der Waals surface area contributed by atoms with E-state index in [9.17, 15) is 0 Å². The summed E-state index contributed by atoms with van der Waals surface area (Å²) in [5.41, 5.74) is 6.63. The number of benzene rings is 1. The molecule has 0 fully saturated rings. The number of hydrogen-bond donors (Lipinski definition) is 1. The van der Waals surface area contributed by atoms with Gasteiger partial charge in [-0.1, -0.05) is 30.3 Å². The first-order valence-electron chi connectivity index (χ1n) is 4.74. The fraction of sp³-hybridized carbons (Fsp3) is 0.154. The molecule has 1 N–H and O–H groups in total. The van der Waals surface area contributed by atoms with Crippen LogP contribution in [0.3, 0.4) is 0 Å². The number of aliphatic hydroxyl groups is 1. The number of rotatable bonds is 3. The normalized spacial score (nSPS) is 13.4. The van der Waals surface area contributed by atoms with E-state index in [-0.39, 0.29) is 6.61 Å². The van der Waals surface area contributed by atoms with Crippen molar-refractivity contribution in [2.24, 2.45) is 0 Å². The van der Waals surface area contributed by atoms with Crippen LogP contribution < -0.4 is 0 Å². The monoisotopic (exact) mass is 184 g/mol. The van der Waals surface area contributed by atoms with Crippen molar-refractivity contribution in [2.45, 2.75) is 6.42 Å². The summed E-state index contributed by atoms with van der Waals surface area (Å²) in [5.74, 6) is 0. The van der Waals surface area contributed by atoms with Gasteiger partial charge in [-0.25, -0.2) is 0 Å². The molecule has 0 heterocycles. The average Bonchev–Trinajstić information content (AvgIpc) is 2.72. The van der Waals surface area contributed by atoms with Crippen molar-refractivity contribution >= 4 is 5.57 Å². The molecule has 70 valence electrons. The Labute approximate surface area is 83.7 Å². The lowest BCUT2D eigenvalue weighted by Gasteiger charge is -2.06. The average molecular weight is 184 g/mol. The molecule has 1 nitrogen and oxygen atoms in total. The van der Waals surface area contributed by atoms with Crippen LogP contribution in [-0.2, 0) is 6.42 Å². The summed E-state index contributed by atoms with van der Waals surface area (Å²) >= 11 is 0. The third kappa shape index (κ3) is 1.69. The summed E-state index contributed by atoms with van der Waals surface area (Å²) in [5, 5.41) is 8.93. The molecule has 0 saturated carbocycles. The number of hydrogen-bond acceptors (Lipinski definition) is 1. The summed E-state index contributed by atoms with van der Waals surface area (Å²) in [4.78, 5) is 0. The maximum atomic E-state index is 8.93. The number of allylic oxidation sites excluding steroid dienone is 3. The fourth-order valence-electron chi connectivity index (χ4n) is 1.62. The zero-order valence-corrected chi connectivity index (χ0v) is 7.90. The van der Waals surface area contributed by atoms with E-state index >= 15 is 0 Å². The molecule has 0 unspecified atom stereocenters. The first-order chi connectivity index (χ1) is 6.92. The molecular weight excluding hydrogens is 172 g/mol. The highest BCUT2D eigenvalue weighted by molar-refractivity contribution is 5.78. The molecular formula is C13H12O. The first kappa shape index (κ1) is 9.01. The van der Waals surface area contributed by atoms with E-state index in [1.807, 2.05) is 36.4 Å². The molecule has 0 radical (unpaired) electrons. The summed E-state index contributed by atoms with van der Waals surface area (Å²) in [7, 11) is 0. The van der Waals surface area contributed by atoms with Crippen LogP contribution in [0, 0.1) is 0 Å². The lowest BCUT2D eigenvalue weighted by Crippen LogP contribution is -1.95. The van der Waals surface area contributed by atoms with Gasteiger partial charge in [-0.3, -0.25) is 0 Å². The molecule has 0 aromatic heterocycles. The SMILES string of the molecule is OCCc1ccccc1C1=C=CC=C1. The maximum absolute atomic E-state index is 8.93. The second kappa shape index (κ2) is 4.10. The predicted molar refractivity (Wildman–Crippen MR) is 57.9 cm³/mol. The molecule has 1 aliphatic rings. The predicted octanol–water partition coefficient (Wildman–Crippen LogP) is 2.33. The summed E-state index contributed by atoms with van der Waals surface area (Å²) in [6.07, 6.45) is 6.63. The Kier molecular flexibility index (Phi) is 2.64. The van der Waals surface area contributed by atoms with Crippen LogP contribution in [0.1, 0.15) is 11.1 Å². The fourth-order valence-corrected chi connectivity index (χ4v) is 1.62. The molecule has 1 aromatic carbocycles. The van der Waals surface area contributed by atoms with Crippen molar-refractivity contribution in [3.8, 4) is 0 Å². The first-order valence-corrected chi connectivity index (χ1v) is 4.74.